The zero-order chi connectivity index (χ0) is 13.0. The number of aliphatic hydroxyl groups is 1. The summed E-state index contributed by atoms with van der Waals surface area (Å²) in [6.45, 7) is 1.82. The first-order valence-electron chi connectivity index (χ1n) is 5.44. The fourth-order valence-electron chi connectivity index (χ4n) is 1.32. The molecule has 2 aromatic rings. The third kappa shape index (κ3) is 2.89. The molecule has 0 aliphatic rings. The van der Waals surface area contributed by atoms with E-state index in [1.165, 1.54) is 23.5 Å². The first kappa shape index (κ1) is 12.2. The number of carbonyl (C=O) groups is 1. The second-order valence-corrected chi connectivity index (χ2v) is 3.80. The van der Waals surface area contributed by atoms with Gasteiger partial charge in [-0.3, -0.25) is 4.79 Å². The van der Waals surface area contributed by atoms with E-state index in [0.29, 0.717) is 11.4 Å². The Bertz CT molecular complexity index is 507. The van der Waals surface area contributed by atoms with Gasteiger partial charge in [0.15, 0.2) is 5.82 Å². The van der Waals surface area contributed by atoms with Crippen molar-refractivity contribution in [3.05, 3.63) is 36.5 Å². The van der Waals surface area contributed by atoms with Crippen LogP contribution >= 0.6 is 0 Å². The Labute approximate surface area is 104 Å². The van der Waals surface area contributed by atoms with Crippen LogP contribution in [0.15, 0.2) is 31.0 Å². The van der Waals surface area contributed by atoms with Crippen LogP contribution in [0.1, 0.15) is 17.3 Å². The lowest BCUT2D eigenvalue weighted by molar-refractivity contribution is 0.0923. The topological polar surface area (TPSA) is 92.9 Å². The number of rotatable bonds is 4. The molecule has 0 aromatic carbocycles. The van der Waals surface area contributed by atoms with E-state index in [4.69, 9.17) is 5.11 Å². The van der Waals surface area contributed by atoms with Gasteiger partial charge in [-0.05, 0) is 19.1 Å². The fourth-order valence-corrected chi connectivity index (χ4v) is 1.32. The van der Waals surface area contributed by atoms with E-state index in [1.54, 1.807) is 19.1 Å². The van der Waals surface area contributed by atoms with Gasteiger partial charge in [-0.2, -0.15) is 5.10 Å². The lowest BCUT2D eigenvalue weighted by atomic mass is 10.2. The first-order chi connectivity index (χ1) is 8.66. The number of amides is 1. The number of hydrogen-bond donors (Lipinski definition) is 2. The monoisotopic (exact) mass is 247 g/mol. The van der Waals surface area contributed by atoms with Crippen molar-refractivity contribution in [1.82, 2.24) is 25.1 Å². The Morgan fingerprint density at radius 1 is 1.56 bits per heavy atom. The molecule has 2 N–H and O–H groups in total. The Hall–Kier alpha value is -2.28. The summed E-state index contributed by atoms with van der Waals surface area (Å²) in [5.41, 5.74) is 0.430. The van der Waals surface area contributed by atoms with Gasteiger partial charge in [0, 0.05) is 12.7 Å². The summed E-state index contributed by atoms with van der Waals surface area (Å²) in [6, 6.07) is 3.31. The predicted molar refractivity (Wildman–Crippen MR) is 63.2 cm³/mol. The molecule has 0 fully saturated rings. The molecule has 7 heteroatoms. The number of hydrogen-bond acceptors (Lipinski definition) is 5. The van der Waals surface area contributed by atoms with Gasteiger partial charge in [0.05, 0.1) is 11.7 Å². The van der Waals surface area contributed by atoms with Gasteiger partial charge in [0.25, 0.3) is 5.91 Å². The van der Waals surface area contributed by atoms with E-state index >= 15 is 0 Å². The van der Waals surface area contributed by atoms with Gasteiger partial charge in [-0.1, -0.05) is 0 Å². The summed E-state index contributed by atoms with van der Waals surface area (Å²) in [7, 11) is 0. The highest BCUT2D eigenvalue weighted by Gasteiger charge is 2.07. The van der Waals surface area contributed by atoms with E-state index in [0.717, 1.165) is 0 Å². The number of aliphatic hydroxyl groups excluding tert-OH is 1. The number of carbonyl (C=O) groups excluding carboxylic acids is 1. The highest BCUT2D eigenvalue weighted by atomic mass is 16.3. The van der Waals surface area contributed by atoms with E-state index < -0.39 is 6.10 Å². The van der Waals surface area contributed by atoms with Gasteiger partial charge in [0.1, 0.15) is 12.7 Å². The molecule has 18 heavy (non-hydrogen) atoms. The molecule has 0 saturated carbocycles. The second-order valence-electron chi connectivity index (χ2n) is 3.80. The fraction of sp³-hybridized carbons (Fsp3) is 0.273. The summed E-state index contributed by atoms with van der Waals surface area (Å²) >= 11 is 0. The molecule has 2 heterocycles. The van der Waals surface area contributed by atoms with Crippen LogP contribution in [-0.2, 0) is 0 Å². The number of nitrogens with zero attached hydrogens (tertiary/aromatic N) is 4. The van der Waals surface area contributed by atoms with Crippen LogP contribution in [0.3, 0.4) is 0 Å². The first-order valence-corrected chi connectivity index (χ1v) is 5.44. The second kappa shape index (κ2) is 5.37. The molecule has 0 aliphatic heterocycles. The van der Waals surface area contributed by atoms with Gasteiger partial charge in [-0.15, -0.1) is 0 Å². The summed E-state index contributed by atoms with van der Waals surface area (Å²) in [6.07, 6.45) is 3.81. The number of pyridine rings is 1. The maximum atomic E-state index is 11.6. The van der Waals surface area contributed by atoms with Crippen LogP contribution in [0, 0.1) is 0 Å². The molecule has 2 aromatic heterocycles. The SMILES string of the molecule is C[C@@H](O)CNC(=O)c1ccc(-n2cncn2)nc1. The smallest absolute Gasteiger partial charge is 0.252 e. The molecule has 0 saturated heterocycles. The molecule has 0 spiro atoms. The molecule has 0 radical (unpaired) electrons. The van der Waals surface area contributed by atoms with Crippen LogP contribution in [0.4, 0.5) is 0 Å². The zero-order valence-corrected chi connectivity index (χ0v) is 9.82. The quantitative estimate of drug-likeness (QED) is 0.778. The van der Waals surface area contributed by atoms with Crippen LogP contribution in [0.5, 0.6) is 0 Å². The van der Waals surface area contributed by atoms with E-state index in [2.05, 4.69) is 20.4 Å². The van der Waals surface area contributed by atoms with Gasteiger partial charge < -0.3 is 10.4 Å². The normalized spacial score (nSPS) is 12.1. The lowest BCUT2D eigenvalue weighted by Crippen LogP contribution is -2.30. The largest absolute Gasteiger partial charge is 0.392 e. The average Bonchev–Trinajstić information content (AvgIpc) is 2.90. The van der Waals surface area contributed by atoms with Crippen LogP contribution < -0.4 is 5.32 Å². The van der Waals surface area contributed by atoms with Gasteiger partial charge in [-0.25, -0.2) is 14.6 Å². The third-order valence-corrected chi connectivity index (χ3v) is 2.22. The van der Waals surface area contributed by atoms with Crippen molar-refractivity contribution in [3.8, 4) is 5.82 Å². The predicted octanol–water partition coefficient (Wildman–Crippen LogP) is -0.227. The van der Waals surface area contributed by atoms with Crippen molar-refractivity contribution in [2.45, 2.75) is 13.0 Å². The highest BCUT2D eigenvalue weighted by molar-refractivity contribution is 5.93. The third-order valence-electron chi connectivity index (χ3n) is 2.22. The minimum absolute atomic E-state index is 0.212. The molecule has 1 amide bonds. The van der Waals surface area contributed by atoms with Crippen molar-refractivity contribution >= 4 is 5.91 Å². The van der Waals surface area contributed by atoms with Gasteiger partial charge in [0.2, 0.25) is 0 Å². The van der Waals surface area contributed by atoms with E-state index in [1.807, 2.05) is 0 Å². The lowest BCUT2D eigenvalue weighted by Gasteiger charge is -2.07. The maximum absolute atomic E-state index is 11.6. The molecule has 7 nitrogen and oxygen atoms in total. The van der Waals surface area contributed by atoms with E-state index in [9.17, 15) is 4.79 Å². The Balaban J connectivity index is 2.06. The standard InChI is InChI=1S/C11H13N5O2/c1-8(17)4-14-11(18)9-2-3-10(13-5-9)16-7-12-6-15-16/h2-3,5-8,17H,4H2,1H3,(H,14,18)/t8-/m1/s1. The highest BCUT2D eigenvalue weighted by Crippen LogP contribution is 2.03. The minimum atomic E-state index is -0.573. The summed E-state index contributed by atoms with van der Waals surface area (Å²) < 4.78 is 1.50. The van der Waals surface area contributed by atoms with E-state index in [-0.39, 0.29) is 12.5 Å². The zero-order valence-electron chi connectivity index (χ0n) is 9.82. The van der Waals surface area contributed by atoms with Crippen molar-refractivity contribution in [2.24, 2.45) is 0 Å². The van der Waals surface area contributed by atoms with Crippen molar-refractivity contribution in [2.75, 3.05) is 6.54 Å². The Morgan fingerprint density at radius 2 is 2.39 bits per heavy atom. The number of nitrogens with one attached hydrogen (secondary N) is 1. The van der Waals surface area contributed by atoms with Crippen molar-refractivity contribution in [1.29, 1.82) is 0 Å². The Kier molecular flexibility index (Phi) is 3.63. The van der Waals surface area contributed by atoms with Crippen LogP contribution in [0.2, 0.25) is 0 Å². The van der Waals surface area contributed by atoms with Gasteiger partial charge >= 0.3 is 0 Å². The molecule has 2 rings (SSSR count). The molecule has 0 aliphatic carbocycles. The summed E-state index contributed by atoms with van der Waals surface area (Å²) in [4.78, 5) is 19.6. The summed E-state index contributed by atoms with van der Waals surface area (Å²) in [5.74, 6) is 0.313. The van der Waals surface area contributed by atoms with Crippen LogP contribution in [-0.4, -0.2) is 43.4 Å². The molecule has 1 atom stereocenters. The van der Waals surface area contributed by atoms with Crippen molar-refractivity contribution in [3.63, 3.8) is 0 Å². The maximum Gasteiger partial charge on any atom is 0.252 e. The van der Waals surface area contributed by atoms with Crippen molar-refractivity contribution < 1.29 is 9.90 Å². The molecule has 94 valence electrons. The Morgan fingerprint density at radius 3 is 2.94 bits per heavy atom. The summed E-state index contributed by atoms with van der Waals surface area (Å²) in [5, 5.41) is 15.6. The molecular formula is C11H13N5O2. The number of aromatic nitrogens is 4. The minimum Gasteiger partial charge on any atom is -0.392 e. The molecular weight excluding hydrogens is 234 g/mol. The van der Waals surface area contributed by atoms with Crippen LogP contribution in [0.25, 0.3) is 5.82 Å². The average molecular weight is 247 g/mol. The molecule has 0 unspecified atom stereocenters. The molecule has 0 bridgehead atoms.